The highest BCUT2D eigenvalue weighted by Gasteiger charge is 2.18. The monoisotopic (exact) mass is 447 g/mol. The van der Waals surface area contributed by atoms with E-state index in [4.69, 9.17) is 27.9 Å². The van der Waals surface area contributed by atoms with Gasteiger partial charge >= 0.3 is 0 Å². The SMILES string of the molecule is CCC(Oc1ccc2ccccc2c1)C(=O)NCCSCc1ccc(Cl)c(Cl)c1. The van der Waals surface area contributed by atoms with Crippen LogP contribution in [0.15, 0.2) is 60.7 Å². The van der Waals surface area contributed by atoms with Crippen molar-refractivity contribution in [3.8, 4) is 5.75 Å². The van der Waals surface area contributed by atoms with E-state index in [9.17, 15) is 4.79 Å². The number of nitrogens with one attached hydrogen (secondary N) is 1. The van der Waals surface area contributed by atoms with Crippen LogP contribution in [0.1, 0.15) is 18.9 Å². The van der Waals surface area contributed by atoms with E-state index in [1.54, 1.807) is 17.8 Å². The van der Waals surface area contributed by atoms with Crippen LogP contribution in [0.3, 0.4) is 0 Å². The van der Waals surface area contributed by atoms with E-state index in [0.29, 0.717) is 28.8 Å². The maximum atomic E-state index is 12.5. The lowest BCUT2D eigenvalue weighted by molar-refractivity contribution is -0.127. The van der Waals surface area contributed by atoms with Crippen molar-refractivity contribution in [2.75, 3.05) is 12.3 Å². The Morgan fingerprint density at radius 3 is 2.59 bits per heavy atom. The summed E-state index contributed by atoms with van der Waals surface area (Å²) in [6, 6.07) is 19.6. The van der Waals surface area contributed by atoms with Gasteiger partial charge in [0, 0.05) is 18.1 Å². The summed E-state index contributed by atoms with van der Waals surface area (Å²) < 4.78 is 5.94. The van der Waals surface area contributed by atoms with Gasteiger partial charge in [-0.15, -0.1) is 0 Å². The Kier molecular flexibility index (Phi) is 8.10. The number of fused-ring (bicyclic) bond motifs is 1. The normalized spacial score (nSPS) is 12.0. The first-order valence-corrected chi connectivity index (χ1v) is 11.4. The third-order valence-electron chi connectivity index (χ3n) is 4.46. The topological polar surface area (TPSA) is 38.3 Å². The Balaban J connectivity index is 1.44. The lowest BCUT2D eigenvalue weighted by Crippen LogP contribution is -2.39. The van der Waals surface area contributed by atoms with Gasteiger partial charge in [0.05, 0.1) is 10.0 Å². The molecule has 3 nitrogen and oxygen atoms in total. The Morgan fingerprint density at radius 2 is 1.83 bits per heavy atom. The molecule has 1 unspecified atom stereocenters. The van der Waals surface area contributed by atoms with Gasteiger partial charge in [0.1, 0.15) is 5.75 Å². The van der Waals surface area contributed by atoms with Crippen LogP contribution in [0.2, 0.25) is 10.0 Å². The van der Waals surface area contributed by atoms with Crippen molar-refractivity contribution < 1.29 is 9.53 Å². The first-order valence-electron chi connectivity index (χ1n) is 9.51. The third kappa shape index (κ3) is 6.30. The Labute approximate surface area is 185 Å². The number of ether oxygens (including phenoxy) is 1. The van der Waals surface area contributed by atoms with Crippen molar-refractivity contribution in [1.82, 2.24) is 5.32 Å². The quantitative estimate of drug-likeness (QED) is 0.388. The van der Waals surface area contributed by atoms with Crippen LogP contribution >= 0.6 is 35.0 Å². The molecule has 0 aromatic heterocycles. The fraction of sp³-hybridized carbons (Fsp3) is 0.261. The fourth-order valence-electron chi connectivity index (χ4n) is 2.91. The van der Waals surface area contributed by atoms with E-state index in [1.165, 1.54) is 0 Å². The molecule has 1 atom stereocenters. The second-order valence-electron chi connectivity index (χ2n) is 6.62. The average Bonchev–Trinajstić information content (AvgIpc) is 2.74. The second kappa shape index (κ2) is 10.8. The van der Waals surface area contributed by atoms with Gasteiger partial charge in [0.25, 0.3) is 5.91 Å². The molecule has 0 aliphatic heterocycles. The molecule has 0 aliphatic carbocycles. The van der Waals surface area contributed by atoms with Crippen molar-refractivity contribution in [2.45, 2.75) is 25.2 Å². The van der Waals surface area contributed by atoms with Crippen molar-refractivity contribution in [3.63, 3.8) is 0 Å². The molecule has 0 saturated carbocycles. The van der Waals surface area contributed by atoms with E-state index in [1.807, 2.05) is 55.5 Å². The maximum absolute atomic E-state index is 12.5. The van der Waals surface area contributed by atoms with Gasteiger partial charge in [0.2, 0.25) is 0 Å². The Hall–Kier alpha value is -1.88. The van der Waals surface area contributed by atoms with Gasteiger partial charge < -0.3 is 10.1 Å². The van der Waals surface area contributed by atoms with Gasteiger partial charge in [-0.05, 0) is 47.0 Å². The number of hydrogen-bond donors (Lipinski definition) is 1. The number of amides is 1. The van der Waals surface area contributed by atoms with Crippen LogP contribution in [0.5, 0.6) is 5.75 Å². The number of thioether (sulfide) groups is 1. The van der Waals surface area contributed by atoms with Crippen LogP contribution in [0, 0.1) is 0 Å². The highest BCUT2D eigenvalue weighted by molar-refractivity contribution is 7.98. The van der Waals surface area contributed by atoms with E-state index in [0.717, 1.165) is 27.8 Å². The fourth-order valence-corrected chi connectivity index (χ4v) is 4.03. The van der Waals surface area contributed by atoms with Crippen LogP contribution < -0.4 is 10.1 Å². The molecule has 0 bridgehead atoms. The molecule has 0 fully saturated rings. The molecule has 1 amide bonds. The van der Waals surface area contributed by atoms with Crippen LogP contribution in [-0.2, 0) is 10.5 Å². The molecule has 3 aromatic rings. The molecule has 3 aromatic carbocycles. The lowest BCUT2D eigenvalue weighted by Gasteiger charge is -2.17. The predicted octanol–water partition coefficient (Wildman–Crippen LogP) is 6.35. The van der Waals surface area contributed by atoms with E-state index < -0.39 is 6.10 Å². The highest BCUT2D eigenvalue weighted by Crippen LogP contribution is 2.25. The van der Waals surface area contributed by atoms with Crippen LogP contribution in [-0.4, -0.2) is 24.3 Å². The molecule has 29 heavy (non-hydrogen) atoms. The molecule has 6 heteroatoms. The molecule has 0 saturated heterocycles. The number of carbonyl (C=O) groups is 1. The van der Waals surface area contributed by atoms with Gasteiger partial charge in [-0.3, -0.25) is 4.79 Å². The van der Waals surface area contributed by atoms with Crippen LogP contribution in [0.4, 0.5) is 0 Å². The minimum absolute atomic E-state index is 0.0872. The minimum atomic E-state index is -0.503. The van der Waals surface area contributed by atoms with Gasteiger partial charge in [0.15, 0.2) is 6.10 Å². The first-order chi connectivity index (χ1) is 14.1. The van der Waals surface area contributed by atoms with Gasteiger partial charge in [-0.2, -0.15) is 11.8 Å². The molecule has 0 aliphatic rings. The molecule has 0 heterocycles. The molecule has 0 radical (unpaired) electrons. The van der Waals surface area contributed by atoms with E-state index in [2.05, 4.69) is 11.4 Å². The number of benzene rings is 3. The summed E-state index contributed by atoms with van der Waals surface area (Å²) in [6.07, 6.45) is 0.103. The molecular formula is C23H23Cl2NO2S. The maximum Gasteiger partial charge on any atom is 0.261 e. The molecule has 3 rings (SSSR count). The standard InChI is InChI=1S/C23H23Cl2NO2S/c1-2-22(28-19-9-8-17-5-3-4-6-18(17)14-19)23(27)26-11-12-29-15-16-7-10-20(24)21(25)13-16/h3-10,13-14,22H,2,11-12,15H2,1H3,(H,26,27). The molecular weight excluding hydrogens is 425 g/mol. The van der Waals surface area contributed by atoms with Gasteiger partial charge in [-0.25, -0.2) is 0 Å². The summed E-state index contributed by atoms with van der Waals surface area (Å²) in [5.41, 5.74) is 1.11. The summed E-state index contributed by atoms with van der Waals surface area (Å²) >= 11 is 13.7. The average molecular weight is 448 g/mol. The third-order valence-corrected chi connectivity index (χ3v) is 6.23. The molecule has 152 valence electrons. The van der Waals surface area contributed by atoms with Crippen molar-refractivity contribution in [1.29, 1.82) is 0 Å². The van der Waals surface area contributed by atoms with Crippen molar-refractivity contribution >= 4 is 51.6 Å². The number of rotatable bonds is 9. The van der Waals surface area contributed by atoms with E-state index in [-0.39, 0.29) is 5.91 Å². The first kappa shape index (κ1) is 21.8. The number of hydrogen-bond acceptors (Lipinski definition) is 3. The summed E-state index contributed by atoms with van der Waals surface area (Å²) in [6.45, 7) is 2.53. The smallest absolute Gasteiger partial charge is 0.261 e. The Morgan fingerprint density at radius 1 is 1.03 bits per heavy atom. The predicted molar refractivity (Wildman–Crippen MR) is 124 cm³/mol. The Bertz CT molecular complexity index is 980. The largest absolute Gasteiger partial charge is 0.481 e. The zero-order chi connectivity index (χ0) is 20.6. The summed E-state index contributed by atoms with van der Waals surface area (Å²) in [7, 11) is 0. The summed E-state index contributed by atoms with van der Waals surface area (Å²) in [4.78, 5) is 12.5. The van der Waals surface area contributed by atoms with Crippen molar-refractivity contribution in [3.05, 3.63) is 76.3 Å². The minimum Gasteiger partial charge on any atom is -0.481 e. The summed E-state index contributed by atoms with van der Waals surface area (Å²) in [5.74, 6) is 2.24. The molecule has 1 N–H and O–H groups in total. The highest BCUT2D eigenvalue weighted by atomic mass is 35.5. The summed E-state index contributed by atoms with van der Waals surface area (Å²) in [5, 5.41) is 6.34. The zero-order valence-electron chi connectivity index (χ0n) is 16.2. The lowest BCUT2D eigenvalue weighted by atomic mass is 10.1. The molecule has 0 spiro atoms. The zero-order valence-corrected chi connectivity index (χ0v) is 18.5. The van der Waals surface area contributed by atoms with Crippen LogP contribution in [0.25, 0.3) is 10.8 Å². The second-order valence-corrected chi connectivity index (χ2v) is 8.54. The van der Waals surface area contributed by atoms with E-state index >= 15 is 0 Å². The van der Waals surface area contributed by atoms with Crippen molar-refractivity contribution in [2.24, 2.45) is 0 Å². The number of carbonyl (C=O) groups excluding carboxylic acids is 1. The van der Waals surface area contributed by atoms with Gasteiger partial charge in [-0.1, -0.05) is 66.5 Å². The number of halogens is 2.